The van der Waals surface area contributed by atoms with Crippen molar-refractivity contribution < 1.29 is 4.52 Å². The van der Waals surface area contributed by atoms with Crippen molar-refractivity contribution in [3.63, 3.8) is 0 Å². The molecule has 0 amide bonds. The third-order valence-corrected chi connectivity index (χ3v) is 3.81. The van der Waals surface area contributed by atoms with Gasteiger partial charge in [0.25, 0.3) is 0 Å². The van der Waals surface area contributed by atoms with E-state index in [2.05, 4.69) is 24.0 Å². The first-order chi connectivity index (χ1) is 8.69. The number of nitrogens with two attached hydrogens (primary N) is 1. The fraction of sp³-hybridized carbons (Fsp3) is 0.857. The van der Waals surface area contributed by atoms with Gasteiger partial charge in [-0.3, -0.25) is 0 Å². The largest absolute Gasteiger partial charge is 0.339 e. The van der Waals surface area contributed by atoms with Crippen molar-refractivity contribution >= 4 is 0 Å². The van der Waals surface area contributed by atoms with Crippen molar-refractivity contribution in [2.24, 2.45) is 17.6 Å². The van der Waals surface area contributed by atoms with Crippen LogP contribution in [0.3, 0.4) is 0 Å². The van der Waals surface area contributed by atoms with Crippen LogP contribution < -0.4 is 5.73 Å². The highest BCUT2D eigenvalue weighted by atomic mass is 16.5. The molecule has 0 saturated heterocycles. The summed E-state index contributed by atoms with van der Waals surface area (Å²) in [7, 11) is 0. The topological polar surface area (TPSA) is 64.9 Å². The summed E-state index contributed by atoms with van der Waals surface area (Å²) in [6.45, 7) is 5.14. The molecule has 0 aliphatic heterocycles. The second-order valence-corrected chi connectivity index (χ2v) is 5.96. The molecule has 1 aromatic heterocycles. The van der Waals surface area contributed by atoms with Crippen LogP contribution in [0.2, 0.25) is 0 Å². The summed E-state index contributed by atoms with van der Waals surface area (Å²) in [6.07, 6.45) is 6.98. The van der Waals surface area contributed by atoms with Crippen LogP contribution in [0.1, 0.15) is 63.6 Å². The molecule has 1 heterocycles. The summed E-state index contributed by atoms with van der Waals surface area (Å²) in [4.78, 5) is 4.55. The molecule has 1 aliphatic rings. The van der Waals surface area contributed by atoms with E-state index in [-0.39, 0.29) is 0 Å². The highest BCUT2D eigenvalue weighted by Gasteiger charge is 2.23. The fourth-order valence-corrected chi connectivity index (χ4v) is 2.88. The molecule has 4 heteroatoms. The number of nitrogens with zero attached hydrogens (tertiary/aromatic N) is 2. The van der Waals surface area contributed by atoms with Gasteiger partial charge in [0.15, 0.2) is 5.82 Å². The van der Waals surface area contributed by atoms with E-state index >= 15 is 0 Å². The van der Waals surface area contributed by atoms with Crippen LogP contribution in [-0.2, 0) is 6.42 Å². The molecule has 1 fully saturated rings. The first kappa shape index (κ1) is 13.5. The molecule has 102 valence electrons. The highest BCUT2D eigenvalue weighted by molar-refractivity contribution is 4.98. The van der Waals surface area contributed by atoms with Gasteiger partial charge in [-0.1, -0.05) is 31.8 Å². The second kappa shape index (κ2) is 6.32. The van der Waals surface area contributed by atoms with Gasteiger partial charge in [0.05, 0.1) is 0 Å². The molecule has 0 spiro atoms. The summed E-state index contributed by atoms with van der Waals surface area (Å²) < 4.78 is 5.37. The third-order valence-electron chi connectivity index (χ3n) is 3.81. The van der Waals surface area contributed by atoms with Crippen molar-refractivity contribution in [1.29, 1.82) is 0 Å². The highest BCUT2D eigenvalue weighted by Crippen LogP contribution is 2.32. The molecule has 2 rings (SSSR count). The van der Waals surface area contributed by atoms with Gasteiger partial charge in [0.2, 0.25) is 5.89 Å². The summed E-state index contributed by atoms with van der Waals surface area (Å²) in [6, 6.07) is 0. The van der Waals surface area contributed by atoms with Gasteiger partial charge in [-0.15, -0.1) is 0 Å². The smallest absolute Gasteiger partial charge is 0.226 e. The molecule has 1 atom stereocenters. The van der Waals surface area contributed by atoms with Gasteiger partial charge in [-0.25, -0.2) is 0 Å². The molecule has 1 saturated carbocycles. The van der Waals surface area contributed by atoms with Crippen LogP contribution in [0.25, 0.3) is 0 Å². The minimum Gasteiger partial charge on any atom is -0.339 e. The van der Waals surface area contributed by atoms with E-state index in [1.165, 1.54) is 25.7 Å². The van der Waals surface area contributed by atoms with E-state index in [9.17, 15) is 0 Å². The number of hydrogen-bond acceptors (Lipinski definition) is 4. The molecule has 0 bridgehead atoms. The van der Waals surface area contributed by atoms with Crippen molar-refractivity contribution in [3.05, 3.63) is 11.7 Å². The monoisotopic (exact) mass is 251 g/mol. The van der Waals surface area contributed by atoms with Crippen molar-refractivity contribution in [3.8, 4) is 0 Å². The molecule has 1 aliphatic carbocycles. The summed E-state index contributed by atoms with van der Waals surface area (Å²) in [5.74, 6) is 3.34. The molecule has 0 aromatic carbocycles. The van der Waals surface area contributed by atoms with E-state index < -0.39 is 0 Å². The molecular weight excluding hydrogens is 226 g/mol. The predicted molar refractivity (Wildman–Crippen MR) is 71.2 cm³/mol. The Balaban J connectivity index is 1.92. The minimum atomic E-state index is 0.460. The molecular formula is C14H25N3O. The Morgan fingerprint density at radius 2 is 2.06 bits per heavy atom. The van der Waals surface area contributed by atoms with Crippen LogP contribution in [0.15, 0.2) is 4.52 Å². The van der Waals surface area contributed by atoms with E-state index in [4.69, 9.17) is 10.3 Å². The second-order valence-electron chi connectivity index (χ2n) is 5.96. The van der Waals surface area contributed by atoms with Gasteiger partial charge in [0.1, 0.15) is 0 Å². The van der Waals surface area contributed by atoms with Gasteiger partial charge in [-0.05, 0) is 37.6 Å². The Morgan fingerprint density at radius 3 is 2.67 bits per heavy atom. The minimum absolute atomic E-state index is 0.460. The lowest BCUT2D eigenvalue weighted by Gasteiger charge is -2.14. The normalized spacial score (nSPS) is 18.7. The van der Waals surface area contributed by atoms with Crippen LogP contribution in [0.5, 0.6) is 0 Å². The Kier molecular flexibility index (Phi) is 4.75. The fourth-order valence-electron chi connectivity index (χ4n) is 2.88. The lowest BCUT2D eigenvalue weighted by atomic mass is 9.94. The van der Waals surface area contributed by atoms with Crippen molar-refractivity contribution in [2.75, 3.05) is 6.54 Å². The summed E-state index contributed by atoms with van der Waals surface area (Å²) in [5.41, 5.74) is 5.81. The molecule has 2 N–H and O–H groups in total. The van der Waals surface area contributed by atoms with Crippen LogP contribution >= 0.6 is 0 Å². The van der Waals surface area contributed by atoms with E-state index in [0.29, 0.717) is 24.3 Å². The number of aromatic nitrogens is 2. The van der Waals surface area contributed by atoms with Gasteiger partial charge >= 0.3 is 0 Å². The maximum Gasteiger partial charge on any atom is 0.226 e. The van der Waals surface area contributed by atoms with Crippen LogP contribution in [-0.4, -0.2) is 16.7 Å². The first-order valence-electron chi connectivity index (χ1n) is 7.21. The van der Waals surface area contributed by atoms with E-state index in [0.717, 1.165) is 24.6 Å². The summed E-state index contributed by atoms with van der Waals surface area (Å²) in [5, 5.41) is 4.14. The Labute approximate surface area is 109 Å². The third kappa shape index (κ3) is 3.55. The standard InChI is InChI=1S/C14H25N3O/c1-10(2)7-11(9-15)8-13-16-14(17-18-13)12-5-3-4-6-12/h10-12H,3-9,15H2,1-2H3/t11-/m0/s1. The maximum atomic E-state index is 5.81. The van der Waals surface area contributed by atoms with Gasteiger partial charge in [-0.2, -0.15) is 4.98 Å². The van der Waals surface area contributed by atoms with Crippen molar-refractivity contribution in [1.82, 2.24) is 10.1 Å². The number of rotatable bonds is 6. The quantitative estimate of drug-likeness (QED) is 0.844. The summed E-state index contributed by atoms with van der Waals surface area (Å²) >= 11 is 0. The van der Waals surface area contributed by atoms with Crippen LogP contribution in [0.4, 0.5) is 0 Å². The Hall–Kier alpha value is -0.900. The zero-order valence-corrected chi connectivity index (χ0v) is 11.6. The molecule has 0 unspecified atom stereocenters. The van der Waals surface area contributed by atoms with E-state index in [1.807, 2.05) is 0 Å². The SMILES string of the molecule is CC(C)C[C@H](CN)Cc1nc(C2CCCC2)no1. The van der Waals surface area contributed by atoms with E-state index in [1.54, 1.807) is 0 Å². The maximum absolute atomic E-state index is 5.81. The molecule has 1 aromatic rings. The van der Waals surface area contributed by atoms with Crippen LogP contribution in [0, 0.1) is 11.8 Å². The average molecular weight is 251 g/mol. The van der Waals surface area contributed by atoms with Gasteiger partial charge in [0, 0.05) is 12.3 Å². The zero-order chi connectivity index (χ0) is 13.0. The first-order valence-corrected chi connectivity index (χ1v) is 7.21. The lowest BCUT2D eigenvalue weighted by molar-refractivity contribution is 0.328. The lowest BCUT2D eigenvalue weighted by Crippen LogP contribution is -2.19. The predicted octanol–water partition coefficient (Wildman–Crippen LogP) is 2.89. The molecule has 18 heavy (non-hydrogen) atoms. The molecule has 0 radical (unpaired) electrons. The average Bonchev–Trinajstić information content (AvgIpc) is 2.97. The Bertz CT molecular complexity index is 356. The van der Waals surface area contributed by atoms with Crippen molar-refractivity contribution in [2.45, 2.75) is 58.3 Å². The van der Waals surface area contributed by atoms with Gasteiger partial charge < -0.3 is 10.3 Å². The zero-order valence-electron chi connectivity index (χ0n) is 11.6. The number of hydrogen-bond donors (Lipinski definition) is 1. The molecule has 4 nitrogen and oxygen atoms in total. The Morgan fingerprint density at radius 1 is 1.33 bits per heavy atom.